The molecule has 2 aromatic carbocycles. The Kier molecular flexibility index (Phi) is 4.08. The smallest absolute Gasteiger partial charge is 0.306 e. The minimum absolute atomic E-state index is 0.0504. The molecular formula is C20H17NO5. The molecule has 26 heavy (non-hydrogen) atoms. The highest BCUT2D eigenvalue weighted by Gasteiger charge is 2.26. The Hall–Kier alpha value is -3.28. The molecule has 6 nitrogen and oxygen atoms in total. The SMILES string of the molecule is COC(=O)C[C@@H](c1ccc2ncccc2c1)c1cc2c(cc1O)OCO2. The number of benzene rings is 2. The average Bonchev–Trinajstić information content (AvgIpc) is 3.12. The molecule has 0 saturated carbocycles. The van der Waals surface area contributed by atoms with E-state index in [9.17, 15) is 9.90 Å². The molecular weight excluding hydrogens is 334 g/mol. The third-order valence-electron chi connectivity index (χ3n) is 4.53. The lowest BCUT2D eigenvalue weighted by molar-refractivity contribution is -0.140. The van der Waals surface area contributed by atoms with Gasteiger partial charge in [-0.1, -0.05) is 12.1 Å². The number of rotatable bonds is 4. The van der Waals surface area contributed by atoms with Gasteiger partial charge < -0.3 is 19.3 Å². The largest absolute Gasteiger partial charge is 0.508 e. The zero-order valence-corrected chi connectivity index (χ0v) is 14.1. The van der Waals surface area contributed by atoms with E-state index in [0.717, 1.165) is 16.5 Å². The molecule has 1 N–H and O–H groups in total. The van der Waals surface area contributed by atoms with Gasteiger partial charge in [-0.15, -0.1) is 0 Å². The second-order valence-corrected chi connectivity index (χ2v) is 6.05. The Labute approximate surface area is 150 Å². The second kappa shape index (κ2) is 6.55. The molecule has 3 aromatic rings. The van der Waals surface area contributed by atoms with Crippen molar-refractivity contribution >= 4 is 16.9 Å². The van der Waals surface area contributed by atoms with Gasteiger partial charge >= 0.3 is 5.97 Å². The first kappa shape index (κ1) is 16.2. The lowest BCUT2D eigenvalue weighted by Gasteiger charge is -2.19. The minimum Gasteiger partial charge on any atom is -0.508 e. The van der Waals surface area contributed by atoms with Crippen LogP contribution in [0.15, 0.2) is 48.7 Å². The fourth-order valence-electron chi connectivity index (χ4n) is 3.19. The van der Waals surface area contributed by atoms with Crippen molar-refractivity contribution in [1.29, 1.82) is 0 Å². The number of nitrogens with zero attached hydrogens (tertiary/aromatic N) is 1. The molecule has 132 valence electrons. The van der Waals surface area contributed by atoms with Gasteiger partial charge in [0.25, 0.3) is 0 Å². The number of esters is 1. The second-order valence-electron chi connectivity index (χ2n) is 6.05. The van der Waals surface area contributed by atoms with Crippen molar-refractivity contribution in [3.63, 3.8) is 0 Å². The van der Waals surface area contributed by atoms with E-state index in [1.54, 1.807) is 12.3 Å². The first-order valence-electron chi connectivity index (χ1n) is 8.19. The van der Waals surface area contributed by atoms with Crippen molar-refractivity contribution in [2.24, 2.45) is 0 Å². The standard InChI is InChI=1S/C20H17NO5/c1-24-20(23)9-14(12-4-5-16-13(7-12)3-2-6-21-16)15-8-18-19(10-17(15)22)26-11-25-18/h2-8,10,14,22H,9,11H2,1H3/t14-/m0/s1. The summed E-state index contributed by atoms with van der Waals surface area (Å²) in [6.07, 6.45) is 1.83. The van der Waals surface area contributed by atoms with Gasteiger partial charge in [-0.05, 0) is 29.8 Å². The Bertz CT molecular complexity index is 985. The number of phenolic OH excluding ortho intramolecular Hbond substituents is 1. The van der Waals surface area contributed by atoms with Crippen LogP contribution in [0.4, 0.5) is 0 Å². The summed E-state index contributed by atoms with van der Waals surface area (Å²) < 4.78 is 15.6. The number of methoxy groups -OCH3 is 1. The van der Waals surface area contributed by atoms with Gasteiger partial charge in [0.15, 0.2) is 11.5 Å². The van der Waals surface area contributed by atoms with Gasteiger partial charge in [0.2, 0.25) is 6.79 Å². The van der Waals surface area contributed by atoms with Crippen LogP contribution in [0.25, 0.3) is 10.9 Å². The van der Waals surface area contributed by atoms with Crippen LogP contribution < -0.4 is 9.47 Å². The number of hydrogen-bond acceptors (Lipinski definition) is 6. The van der Waals surface area contributed by atoms with Crippen molar-refractivity contribution in [1.82, 2.24) is 4.98 Å². The molecule has 0 bridgehead atoms. The van der Waals surface area contributed by atoms with Crippen LogP contribution >= 0.6 is 0 Å². The minimum atomic E-state index is -0.387. The first-order chi connectivity index (χ1) is 12.7. The van der Waals surface area contributed by atoms with Crippen molar-refractivity contribution < 1.29 is 24.1 Å². The molecule has 4 rings (SSSR count). The molecule has 0 unspecified atom stereocenters. The number of aromatic hydroxyl groups is 1. The molecule has 1 aromatic heterocycles. The van der Waals surface area contributed by atoms with Crippen LogP contribution in [0.2, 0.25) is 0 Å². The molecule has 0 amide bonds. The summed E-state index contributed by atoms with van der Waals surface area (Å²) in [6, 6.07) is 12.8. The predicted octanol–water partition coefficient (Wildman–Crippen LogP) is 3.36. The lowest BCUT2D eigenvalue weighted by Crippen LogP contribution is -2.10. The van der Waals surface area contributed by atoms with Crippen LogP contribution in [-0.4, -0.2) is 30.0 Å². The summed E-state index contributed by atoms with van der Waals surface area (Å²) in [4.78, 5) is 16.3. The zero-order valence-electron chi connectivity index (χ0n) is 14.1. The molecule has 1 aliphatic rings. The third-order valence-corrected chi connectivity index (χ3v) is 4.53. The van der Waals surface area contributed by atoms with Crippen molar-refractivity contribution in [2.75, 3.05) is 13.9 Å². The van der Waals surface area contributed by atoms with Gasteiger partial charge in [-0.2, -0.15) is 0 Å². The van der Waals surface area contributed by atoms with Gasteiger partial charge in [0.05, 0.1) is 19.0 Å². The molecule has 1 atom stereocenters. The van der Waals surface area contributed by atoms with Crippen LogP contribution in [0.1, 0.15) is 23.5 Å². The van der Waals surface area contributed by atoms with E-state index in [4.69, 9.17) is 14.2 Å². The summed E-state index contributed by atoms with van der Waals surface area (Å²) in [5.41, 5.74) is 2.33. The number of hydrogen-bond donors (Lipinski definition) is 1. The zero-order chi connectivity index (χ0) is 18.1. The Morgan fingerprint density at radius 1 is 1.23 bits per heavy atom. The molecule has 0 fully saturated rings. The number of ether oxygens (including phenoxy) is 3. The number of fused-ring (bicyclic) bond motifs is 2. The predicted molar refractivity (Wildman–Crippen MR) is 94.4 cm³/mol. The van der Waals surface area contributed by atoms with E-state index < -0.39 is 0 Å². The summed E-state index contributed by atoms with van der Waals surface area (Å²) >= 11 is 0. The summed E-state index contributed by atoms with van der Waals surface area (Å²) in [5.74, 6) is 0.343. The molecule has 0 aliphatic carbocycles. The topological polar surface area (TPSA) is 77.9 Å². The van der Waals surface area contributed by atoms with Gasteiger partial charge in [-0.3, -0.25) is 9.78 Å². The third kappa shape index (κ3) is 2.90. The summed E-state index contributed by atoms with van der Waals surface area (Å²) in [6.45, 7) is 0.113. The highest BCUT2D eigenvalue weighted by Crippen LogP contribution is 2.43. The van der Waals surface area contributed by atoms with Crippen LogP contribution in [-0.2, 0) is 9.53 Å². The number of carbonyl (C=O) groups excluding carboxylic acids is 1. The molecule has 0 radical (unpaired) electrons. The molecule has 1 aliphatic heterocycles. The van der Waals surface area contributed by atoms with Crippen molar-refractivity contribution in [3.05, 3.63) is 59.8 Å². The first-order valence-corrected chi connectivity index (χ1v) is 8.19. The molecule has 0 spiro atoms. The number of phenols is 1. The van der Waals surface area contributed by atoms with E-state index in [2.05, 4.69) is 4.98 Å². The van der Waals surface area contributed by atoms with Gasteiger partial charge in [0.1, 0.15) is 5.75 Å². The molecule has 0 saturated heterocycles. The highest BCUT2D eigenvalue weighted by molar-refractivity contribution is 5.80. The van der Waals surface area contributed by atoms with E-state index in [0.29, 0.717) is 17.1 Å². The van der Waals surface area contributed by atoms with Crippen LogP contribution in [0, 0.1) is 0 Å². The van der Waals surface area contributed by atoms with E-state index in [-0.39, 0.29) is 30.9 Å². The molecule has 6 heteroatoms. The van der Waals surface area contributed by atoms with Gasteiger partial charge in [-0.25, -0.2) is 0 Å². The average molecular weight is 351 g/mol. The lowest BCUT2D eigenvalue weighted by atomic mass is 9.87. The Balaban J connectivity index is 1.82. The summed E-state index contributed by atoms with van der Waals surface area (Å²) in [7, 11) is 1.35. The van der Waals surface area contributed by atoms with E-state index >= 15 is 0 Å². The van der Waals surface area contributed by atoms with Crippen LogP contribution in [0.3, 0.4) is 0 Å². The summed E-state index contributed by atoms with van der Waals surface area (Å²) in [5, 5.41) is 11.5. The van der Waals surface area contributed by atoms with E-state index in [1.807, 2.05) is 30.3 Å². The number of carbonyl (C=O) groups is 1. The Morgan fingerprint density at radius 3 is 2.85 bits per heavy atom. The maximum absolute atomic E-state index is 12.0. The van der Waals surface area contributed by atoms with Crippen molar-refractivity contribution in [3.8, 4) is 17.2 Å². The quantitative estimate of drug-likeness (QED) is 0.726. The maximum atomic E-state index is 12.0. The number of aromatic nitrogens is 1. The van der Waals surface area contributed by atoms with E-state index in [1.165, 1.54) is 13.2 Å². The van der Waals surface area contributed by atoms with Crippen LogP contribution in [0.5, 0.6) is 17.2 Å². The highest BCUT2D eigenvalue weighted by atomic mass is 16.7. The maximum Gasteiger partial charge on any atom is 0.306 e. The molecule has 2 heterocycles. The van der Waals surface area contributed by atoms with Gasteiger partial charge in [0, 0.05) is 29.1 Å². The fourth-order valence-corrected chi connectivity index (χ4v) is 3.19. The fraction of sp³-hybridized carbons (Fsp3) is 0.200. The number of pyridine rings is 1. The monoisotopic (exact) mass is 351 g/mol. The normalized spacial score (nSPS) is 13.6. The van der Waals surface area contributed by atoms with Crippen molar-refractivity contribution in [2.45, 2.75) is 12.3 Å². The Morgan fingerprint density at radius 2 is 2.04 bits per heavy atom.